The summed E-state index contributed by atoms with van der Waals surface area (Å²) < 4.78 is 72.3. The third-order valence-corrected chi connectivity index (χ3v) is 7.74. The topological polar surface area (TPSA) is 121 Å². The van der Waals surface area contributed by atoms with Gasteiger partial charge in [0.2, 0.25) is 10.0 Å². The van der Waals surface area contributed by atoms with E-state index in [1.165, 1.54) is 46.8 Å². The summed E-state index contributed by atoms with van der Waals surface area (Å²) in [7, 11) is -3.96. The van der Waals surface area contributed by atoms with Crippen LogP contribution in [0, 0.1) is 0 Å². The van der Waals surface area contributed by atoms with E-state index in [1.807, 2.05) is 11.5 Å². The Hall–Kier alpha value is -4.46. The summed E-state index contributed by atoms with van der Waals surface area (Å²) >= 11 is 5.92. The van der Waals surface area contributed by atoms with Gasteiger partial charge in [0, 0.05) is 17.3 Å². The molecule has 0 saturated carbocycles. The molecule has 3 aromatic carbocycles. The van der Waals surface area contributed by atoms with Crippen molar-refractivity contribution in [1.29, 1.82) is 0 Å². The Morgan fingerprint density at radius 3 is 2.31 bits per heavy atom. The largest absolute Gasteiger partial charge is 0.459 e. The summed E-state index contributed by atoms with van der Waals surface area (Å²) in [6, 6.07) is 21.5. The van der Waals surface area contributed by atoms with E-state index in [0.29, 0.717) is 11.1 Å². The Balaban J connectivity index is 1.41. The van der Waals surface area contributed by atoms with Gasteiger partial charge in [-0.15, -0.1) is 0 Å². The molecule has 9 nitrogen and oxygen atoms in total. The summed E-state index contributed by atoms with van der Waals surface area (Å²) in [4.78, 5) is 24.1. The van der Waals surface area contributed by atoms with Gasteiger partial charge in [0.15, 0.2) is 0 Å². The number of halogens is 4. The highest BCUT2D eigenvalue weighted by Gasteiger charge is 2.30. The molecule has 0 spiro atoms. The van der Waals surface area contributed by atoms with Crippen molar-refractivity contribution >= 4 is 45.3 Å². The fourth-order valence-electron chi connectivity index (χ4n) is 3.66. The lowest BCUT2D eigenvalue weighted by atomic mass is 10.2. The molecule has 0 saturated heterocycles. The molecule has 0 fully saturated rings. The number of carbonyl (C=O) groups is 2. The zero-order valence-corrected chi connectivity index (χ0v) is 23.1. The van der Waals surface area contributed by atoms with Gasteiger partial charge in [-0.25, -0.2) is 13.8 Å². The number of anilines is 1. The monoisotopic (exact) mass is 618 g/mol. The van der Waals surface area contributed by atoms with Gasteiger partial charge in [0.1, 0.15) is 11.5 Å². The molecule has 4 rings (SSSR count). The minimum absolute atomic E-state index is 0.0438. The van der Waals surface area contributed by atoms with E-state index in [9.17, 15) is 31.2 Å². The van der Waals surface area contributed by atoms with Gasteiger partial charge in [0.25, 0.3) is 0 Å². The second kappa shape index (κ2) is 13.0. The van der Waals surface area contributed by atoms with E-state index in [1.54, 1.807) is 24.3 Å². The number of nitrogens with zero attached hydrogens (tertiary/aromatic N) is 2. The minimum Gasteiger partial charge on any atom is -0.459 e. The number of rotatable bonds is 9. The Kier molecular flexibility index (Phi) is 9.45. The van der Waals surface area contributed by atoms with Crippen LogP contribution in [0.15, 0.2) is 105 Å². The molecule has 0 aliphatic carbocycles. The Morgan fingerprint density at radius 2 is 1.62 bits per heavy atom. The number of sulfonamides is 1. The molecule has 4 aromatic rings. The number of hydrazone groups is 1. The number of hydrogen-bond acceptors (Lipinski definition) is 6. The quantitative estimate of drug-likeness (QED) is 0.147. The number of nitrogens with one attached hydrogen (secondary N) is 2. The first-order valence-electron chi connectivity index (χ1n) is 12.1. The van der Waals surface area contributed by atoms with E-state index in [-0.39, 0.29) is 35.2 Å². The number of furan rings is 1. The van der Waals surface area contributed by atoms with Crippen LogP contribution in [0.2, 0.25) is 5.02 Å². The average Bonchev–Trinajstić information content (AvgIpc) is 3.40. The third-order valence-electron chi connectivity index (χ3n) is 5.68. The van der Waals surface area contributed by atoms with Gasteiger partial charge < -0.3 is 9.73 Å². The van der Waals surface area contributed by atoms with Crippen molar-refractivity contribution in [1.82, 2.24) is 9.73 Å². The van der Waals surface area contributed by atoms with Crippen molar-refractivity contribution in [3.8, 4) is 0 Å². The molecule has 218 valence electrons. The van der Waals surface area contributed by atoms with Crippen molar-refractivity contribution in [3.63, 3.8) is 0 Å². The van der Waals surface area contributed by atoms with Crippen LogP contribution in [0.4, 0.5) is 18.9 Å². The third kappa shape index (κ3) is 8.06. The molecule has 0 aliphatic heterocycles. The van der Waals surface area contributed by atoms with Crippen LogP contribution in [0.5, 0.6) is 0 Å². The molecule has 0 radical (unpaired) electrons. The van der Waals surface area contributed by atoms with Gasteiger partial charge in [-0.05, 0) is 60.2 Å². The molecule has 14 heteroatoms. The van der Waals surface area contributed by atoms with Crippen LogP contribution in [0.25, 0.3) is 0 Å². The predicted molar refractivity (Wildman–Crippen MR) is 149 cm³/mol. The fraction of sp³-hybridized carbons (Fsp3) is 0.107. The summed E-state index contributed by atoms with van der Waals surface area (Å²) in [5.74, 6) is -2.08. The number of amides is 2. The molecule has 2 amide bonds. The summed E-state index contributed by atoms with van der Waals surface area (Å²) in [5.41, 5.74) is 1.48. The van der Waals surface area contributed by atoms with Crippen LogP contribution < -0.4 is 10.7 Å². The molecule has 0 atom stereocenters. The van der Waals surface area contributed by atoms with Crippen molar-refractivity contribution in [2.75, 3.05) is 5.32 Å². The van der Waals surface area contributed by atoms with E-state index >= 15 is 0 Å². The van der Waals surface area contributed by atoms with Gasteiger partial charge in [0.05, 0.1) is 23.2 Å². The maximum atomic E-state index is 13.4. The second-order valence-electron chi connectivity index (χ2n) is 8.75. The van der Waals surface area contributed by atoms with Crippen LogP contribution >= 0.6 is 11.6 Å². The first kappa shape index (κ1) is 30.5. The smallest absolute Gasteiger partial charge is 0.416 e. The Labute approximate surface area is 243 Å². The molecule has 0 bridgehead atoms. The summed E-state index contributed by atoms with van der Waals surface area (Å²) in [6.45, 7) is -0.0909. The Morgan fingerprint density at radius 1 is 0.905 bits per heavy atom. The Bertz CT molecular complexity index is 1690. The van der Waals surface area contributed by atoms with Crippen LogP contribution in [0.1, 0.15) is 22.6 Å². The molecular weight excluding hydrogens is 597 g/mol. The standard InChI is InChI=1S/C28H22ClF3N4O5S/c29-21-9-13-25(14-10-21)42(39,40)36(17-19-5-2-1-3-6-19)18-24-12-11-23(41-24)16-33-35-27(38)26(37)34-22-8-4-7-20(15-22)28(30,31)32/h1-16H,17-18H2,(H,34,37)(H,35,38)/b33-16+. The molecule has 1 heterocycles. The molecule has 42 heavy (non-hydrogen) atoms. The zero-order chi connectivity index (χ0) is 30.3. The van der Waals surface area contributed by atoms with Crippen molar-refractivity contribution in [2.24, 2.45) is 5.10 Å². The van der Waals surface area contributed by atoms with Gasteiger partial charge >= 0.3 is 18.0 Å². The number of carbonyl (C=O) groups excluding carboxylic acids is 2. The summed E-state index contributed by atoms with van der Waals surface area (Å²) in [6.07, 6.45) is -3.54. The van der Waals surface area contributed by atoms with Gasteiger partial charge in [-0.2, -0.15) is 22.6 Å². The minimum atomic E-state index is -4.62. The van der Waals surface area contributed by atoms with Crippen molar-refractivity contribution in [2.45, 2.75) is 24.2 Å². The van der Waals surface area contributed by atoms with Crippen LogP contribution in [0.3, 0.4) is 0 Å². The number of benzene rings is 3. The van der Waals surface area contributed by atoms with Crippen molar-refractivity contribution in [3.05, 3.63) is 119 Å². The van der Waals surface area contributed by atoms with Crippen LogP contribution in [-0.4, -0.2) is 30.8 Å². The normalized spacial score (nSPS) is 12.0. The molecule has 0 aliphatic rings. The zero-order valence-electron chi connectivity index (χ0n) is 21.5. The maximum Gasteiger partial charge on any atom is 0.416 e. The van der Waals surface area contributed by atoms with E-state index in [0.717, 1.165) is 23.9 Å². The van der Waals surface area contributed by atoms with E-state index in [4.69, 9.17) is 16.0 Å². The molecule has 1 aromatic heterocycles. The number of hydrogen-bond donors (Lipinski definition) is 2. The fourth-order valence-corrected chi connectivity index (χ4v) is 5.18. The highest BCUT2D eigenvalue weighted by Crippen LogP contribution is 2.30. The average molecular weight is 619 g/mol. The molecule has 2 N–H and O–H groups in total. The van der Waals surface area contributed by atoms with E-state index in [2.05, 4.69) is 10.4 Å². The maximum absolute atomic E-state index is 13.4. The second-order valence-corrected chi connectivity index (χ2v) is 11.1. The number of alkyl halides is 3. The predicted octanol–water partition coefficient (Wildman–Crippen LogP) is 5.43. The van der Waals surface area contributed by atoms with Crippen molar-refractivity contribution < 1.29 is 35.6 Å². The first-order chi connectivity index (χ1) is 19.9. The highest BCUT2D eigenvalue weighted by molar-refractivity contribution is 7.89. The highest BCUT2D eigenvalue weighted by atomic mass is 35.5. The first-order valence-corrected chi connectivity index (χ1v) is 13.9. The lowest BCUT2D eigenvalue weighted by molar-refractivity contribution is -0.137. The summed E-state index contributed by atoms with van der Waals surface area (Å²) in [5, 5.41) is 6.07. The van der Waals surface area contributed by atoms with Gasteiger partial charge in [-0.3, -0.25) is 9.59 Å². The lowest BCUT2D eigenvalue weighted by Crippen LogP contribution is -2.32. The van der Waals surface area contributed by atoms with Crippen LogP contribution in [-0.2, 0) is 38.9 Å². The van der Waals surface area contributed by atoms with Gasteiger partial charge in [-0.1, -0.05) is 48.0 Å². The SMILES string of the molecule is O=C(N/N=C/c1ccc(CN(Cc2ccccc2)S(=O)(=O)c2ccc(Cl)cc2)o1)C(=O)Nc1cccc(C(F)(F)F)c1. The lowest BCUT2D eigenvalue weighted by Gasteiger charge is -2.21. The van der Waals surface area contributed by atoms with E-state index < -0.39 is 33.6 Å². The molecular formula is C28H22ClF3N4O5S. The molecule has 0 unspecified atom stereocenters.